The molecule has 122 valence electrons. The highest BCUT2D eigenvalue weighted by atomic mass is 16.5. The third kappa shape index (κ3) is 4.20. The molecule has 0 heterocycles. The van der Waals surface area contributed by atoms with E-state index in [9.17, 15) is 9.59 Å². The summed E-state index contributed by atoms with van der Waals surface area (Å²) < 4.78 is 9.59. The molecular formula is C20H18O4. The van der Waals surface area contributed by atoms with Crippen molar-refractivity contribution in [1.82, 2.24) is 0 Å². The maximum Gasteiger partial charge on any atom is 0.339 e. The molecule has 0 aliphatic heterocycles. The first-order chi connectivity index (χ1) is 11.7. The fraction of sp³-hybridized carbons (Fsp3) is 0.100. The zero-order chi connectivity index (χ0) is 17.4. The number of rotatable bonds is 4. The lowest BCUT2D eigenvalue weighted by Gasteiger charge is -2.09. The van der Waals surface area contributed by atoms with Crippen LogP contribution in [0.15, 0.2) is 83.5 Å². The predicted molar refractivity (Wildman–Crippen MR) is 92.9 cm³/mol. The predicted octanol–water partition coefficient (Wildman–Crippen LogP) is 3.39. The molecule has 2 rings (SSSR count). The Bertz CT molecular complexity index is 762. The Labute approximate surface area is 141 Å². The number of hydrogen-bond donors (Lipinski definition) is 0. The van der Waals surface area contributed by atoms with E-state index in [-0.39, 0.29) is 11.1 Å². The van der Waals surface area contributed by atoms with Crippen LogP contribution in [0.2, 0.25) is 0 Å². The first-order valence-corrected chi connectivity index (χ1v) is 7.37. The summed E-state index contributed by atoms with van der Waals surface area (Å²) in [5, 5.41) is 0. The van der Waals surface area contributed by atoms with Crippen LogP contribution in [0.3, 0.4) is 0 Å². The Morgan fingerprint density at radius 1 is 0.917 bits per heavy atom. The first-order valence-electron chi connectivity index (χ1n) is 7.37. The lowest BCUT2D eigenvalue weighted by molar-refractivity contribution is -0.138. The van der Waals surface area contributed by atoms with Crippen molar-refractivity contribution in [3.8, 4) is 0 Å². The number of methoxy groups -OCH3 is 2. The topological polar surface area (TPSA) is 52.6 Å². The van der Waals surface area contributed by atoms with Crippen molar-refractivity contribution in [2.45, 2.75) is 0 Å². The highest BCUT2D eigenvalue weighted by molar-refractivity contribution is 6.06. The molecule has 0 fully saturated rings. The maximum atomic E-state index is 12.2. The molecule has 1 aliphatic rings. The van der Waals surface area contributed by atoms with Gasteiger partial charge < -0.3 is 9.47 Å². The molecule has 0 unspecified atom stereocenters. The van der Waals surface area contributed by atoms with Gasteiger partial charge in [0.05, 0.1) is 25.4 Å². The number of ether oxygens (including phenoxy) is 2. The van der Waals surface area contributed by atoms with Gasteiger partial charge in [-0.15, -0.1) is 0 Å². The number of allylic oxidation sites excluding steroid dienone is 5. The minimum atomic E-state index is -0.592. The number of esters is 2. The molecule has 4 heteroatoms. The Morgan fingerprint density at radius 2 is 1.58 bits per heavy atom. The van der Waals surface area contributed by atoms with Crippen LogP contribution in [-0.4, -0.2) is 26.2 Å². The zero-order valence-corrected chi connectivity index (χ0v) is 13.6. The lowest BCUT2D eigenvalue weighted by atomic mass is 9.99. The van der Waals surface area contributed by atoms with Crippen molar-refractivity contribution in [3.05, 3.63) is 89.1 Å². The van der Waals surface area contributed by atoms with Crippen molar-refractivity contribution >= 4 is 18.0 Å². The van der Waals surface area contributed by atoms with E-state index in [2.05, 4.69) is 0 Å². The van der Waals surface area contributed by atoms with Gasteiger partial charge >= 0.3 is 11.9 Å². The van der Waals surface area contributed by atoms with E-state index < -0.39 is 11.9 Å². The summed E-state index contributed by atoms with van der Waals surface area (Å²) in [6.45, 7) is 0. The van der Waals surface area contributed by atoms with Gasteiger partial charge in [0.25, 0.3) is 0 Å². The Kier molecular flexibility index (Phi) is 6.08. The van der Waals surface area contributed by atoms with Crippen LogP contribution < -0.4 is 0 Å². The van der Waals surface area contributed by atoms with Gasteiger partial charge in [-0.2, -0.15) is 0 Å². The van der Waals surface area contributed by atoms with Gasteiger partial charge in [-0.25, -0.2) is 9.59 Å². The van der Waals surface area contributed by atoms with Crippen LogP contribution in [0.4, 0.5) is 0 Å². The van der Waals surface area contributed by atoms with Gasteiger partial charge in [0.15, 0.2) is 0 Å². The molecular weight excluding hydrogens is 304 g/mol. The lowest BCUT2D eigenvalue weighted by Crippen LogP contribution is -2.14. The van der Waals surface area contributed by atoms with E-state index >= 15 is 0 Å². The number of benzene rings is 1. The molecule has 4 nitrogen and oxygen atoms in total. The van der Waals surface area contributed by atoms with Gasteiger partial charge in [-0.3, -0.25) is 0 Å². The summed E-state index contributed by atoms with van der Waals surface area (Å²) in [6, 6.07) is 9.76. The SMILES string of the molecule is COC(=O)C1=C(C(=O)OC)/C(=C\C=C\c2ccccc2)C=CC=C1. The Hall–Kier alpha value is -3.14. The molecule has 0 saturated carbocycles. The fourth-order valence-corrected chi connectivity index (χ4v) is 2.21. The van der Waals surface area contributed by atoms with Gasteiger partial charge in [0, 0.05) is 0 Å². The van der Waals surface area contributed by atoms with Gasteiger partial charge in [-0.05, 0) is 17.2 Å². The molecule has 0 atom stereocenters. The smallest absolute Gasteiger partial charge is 0.339 e. The van der Waals surface area contributed by atoms with Crippen molar-refractivity contribution in [2.75, 3.05) is 14.2 Å². The molecule has 0 spiro atoms. The molecule has 24 heavy (non-hydrogen) atoms. The number of carbonyl (C=O) groups excluding carboxylic acids is 2. The normalized spacial score (nSPS) is 15.7. The molecule has 1 aromatic carbocycles. The van der Waals surface area contributed by atoms with Crippen molar-refractivity contribution < 1.29 is 19.1 Å². The van der Waals surface area contributed by atoms with E-state index in [1.165, 1.54) is 20.3 Å². The molecule has 1 aliphatic carbocycles. The number of carbonyl (C=O) groups is 2. The quantitative estimate of drug-likeness (QED) is 0.797. The molecule has 0 N–H and O–H groups in total. The summed E-state index contributed by atoms with van der Waals surface area (Å²) in [4.78, 5) is 24.2. The molecule has 0 radical (unpaired) electrons. The van der Waals surface area contributed by atoms with Crippen LogP contribution in [0.25, 0.3) is 6.08 Å². The molecule has 1 aromatic rings. The third-order valence-electron chi connectivity index (χ3n) is 3.37. The van der Waals surface area contributed by atoms with Crippen LogP contribution >= 0.6 is 0 Å². The largest absolute Gasteiger partial charge is 0.465 e. The second-order valence-electron chi connectivity index (χ2n) is 4.88. The zero-order valence-electron chi connectivity index (χ0n) is 13.6. The highest BCUT2D eigenvalue weighted by Gasteiger charge is 2.23. The van der Waals surface area contributed by atoms with Crippen LogP contribution in [-0.2, 0) is 19.1 Å². The summed E-state index contributed by atoms with van der Waals surface area (Å²) >= 11 is 0. The Morgan fingerprint density at radius 3 is 2.25 bits per heavy atom. The minimum Gasteiger partial charge on any atom is -0.465 e. The van der Waals surface area contributed by atoms with Gasteiger partial charge in [0.2, 0.25) is 0 Å². The fourth-order valence-electron chi connectivity index (χ4n) is 2.21. The highest BCUT2D eigenvalue weighted by Crippen LogP contribution is 2.23. The molecule has 0 aromatic heterocycles. The van der Waals surface area contributed by atoms with E-state index in [4.69, 9.17) is 9.47 Å². The molecule has 0 bridgehead atoms. The van der Waals surface area contributed by atoms with Crippen molar-refractivity contribution in [3.63, 3.8) is 0 Å². The van der Waals surface area contributed by atoms with Gasteiger partial charge in [0.1, 0.15) is 0 Å². The summed E-state index contributed by atoms with van der Waals surface area (Å²) in [5.41, 5.74) is 1.93. The van der Waals surface area contributed by atoms with Crippen molar-refractivity contribution in [1.29, 1.82) is 0 Å². The minimum absolute atomic E-state index is 0.161. The van der Waals surface area contributed by atoms with Crippen molar-refractivity contribution in [2.24, 2.45) is 0 Å². The number of hydrogen-bond acceptors (Lipinski definition) is 4. The van der Waals surface area contributed by atoms with E-state index in [0.29, 0.717) is 5.57 Å². The summed E-state index contributed by atoms with van der Waals surface area (Å²) in [6.07, 6.45) is 12.2. The first kappa shape index (κ1) is 17.2. The van der Waals surface area contributed by atoms with Gasteiger partial charge in [-0.1, -0.05) is 66.8 Å². The average molecular weight is 322 g/mol. The second kappa shape index (κ2) is 8.48. The van der Waals surface area contributed by atoms with E-state index in [0.717, 1.165) is 5.56 Å². The van der Waals surface area contributed by atoms with E-state index in [1.807, 2.05) is 42.5 Å². The maximum absolute atomic E-state index is 12.2. The third-order valence-corrected chi connectivity index (χ3v) is 3.37. The summed E-state index contributed by atoms with van der Waals surface area (Å²) in [5.74, 6) is -1.18. The standard InChI is InChI=1S/C20H18O4/c1-23-19(21)17-14-7-6-12-16(18(17)20(22)24-2)13-8-11-15-9-4-3-5-10-15/h3-14H,1-2H3/b11-8+,16-13-. The van der Waals surface area contributed by atoms with Crippen LogP contribution in [0, 0.1) is 0 Å². The average Bonchev–Trinajstić information content (AvgIpc) is 2.84. The summed E-state index contributed by atoms with van der Waals surface area (Å²) in [7, 11) is 2.55. The van der Waals surface area contributed by atoms with Crippen LogP contribution in [0.5, 0.6) is 0 Å². The van der Waals surface area contributed by atoms with E-state index in [1.54, 1.807) is 24.3 Å². The Balaban J connectivity index is 2.45. The molecule has 0 saturated heterocycles. The monoisotopic (exact) mass is 322 g/mol. The molecule has 0 amide bonds. The van der Waals surface area contributed by atoms with Crippen LogP contribution in [0.1, 0.15) is 5.56 Å². The second-order valence-corrected chi connectivity index (χ2v) is 4.88.